The van der Waals surface area contributed by atoms with Crippen molar-refractivity contribution in [2.75, 3.05) is 12.3 Å². The topological polar surface area (TPSA) is 58.2 Å². The summed E-state index contributed by atoms with van der Waals surface area (Å²) in [5.41, 5.74) is 0. The van der Waals surface area contributed by atoms with Gasteiger partial charge in [-0.05, 0) is 51.9 Å². The highest BCUT2D eigenvalue weighted by atomic mass is 32.1. The lowest BCUT2D eigenvalue weighted by atomic mass is 10.2. The molecule has 0 spiro atoms. The minimum absolute atomic E-state index is 0.113. The third-order valence-corrected chi connectivity index (χ3v) is 4.54. The first-order valence-corrected chi connectivity index (χ1v) is 12.3. The maximum absolute atomic E-state index is 11.8. The van der Waals surface area contributed by atoms with Gasteiger partial charge >= 0.3 is 0 Å². The zero-order chi connectivity index (χ0) is 23.7. The van der Waals surface area contributed by atoms with Gasteiger partial charge in [0, 0.05) is 18.7 Å². The lowest BCUT2D eigenvalue weighted by Gasteiger charge is -2.13. The van der Waals surface area contributed by atoms with Crippen LogP contribution in [0.3, 0.4) is 0 Å². The molecular weight excluding hydrogens is 416 g/mol. The smallest absolute Gasteiger partial charge is 0.242 e. The van der Waals surface area contributed by atoms with Gasteiger partial charge in [0.2, 0.25) is 11.8 Å². The van der Waals surface area contributed by atoms with Gasteiger partial charge < -0.3 is 10.6 Å². The quantitative estimate of drug-likeness (QED) is 0.174. The number of carbonyl (C=O) groups excluding carboxylic acids is 2. The van der Waals surface area contributed by atoms with Crippen molar-refractivity contribution < 1.29 is 9.59 Å². The van der Waals surface area contributed by atoms with E-state index >= 15 is 0 Å². The fourth-order valence-corrected chi connectivity index (χ4v) is 2.68. The number of rotatable bonds is 18. The molecule has 1 atom stereocenters. The Bertz CT molecular complexity index is 661. The average Bonchev–Trinajstić information content (AvgIpc) is 2.78. The van der Waals surface area contributed by atoms with Gasteiger partial charge in [0.1, 0.15) is 6.04 Å². The van der Waals surface area contributed by atoms with Gasteiger partial charge in [-0.15, -0.1) is 0 Å². The van der Waals surface area contributed by atoms with Gasteiger partial charge in [-0.1, -0.05) is 79.8 Å². The molecule has 0 saturated carbocycles. The molecule has 0 aliphatic heterocycles. The van der Waals surface area contributed by atoms with Crippen molar-refractivity contribution in [3.63, 3.8) is 0 Å². The molecule has 0 rings (SSSR count). The molecule has 0 aromatic carbocycles. The first kappa shape index (κ1) is 29.7. The van der Waals surface area contributed by atoms with Crippen LogP contribution in [0.4, 0.5) is 0 Å². The van der Waals surface area contributed by atoms with Gasteiger partial charge in [-0.3, -0.25) is 9.59 Å². The van der Waals surface area contributed by atoms with E-state index in [-0.39, 0.29) is 11.8 Å². The maximum atomic E-state index is 11.8. The second-order valence-corrected chi connectivity index (χ2v) is 7.70. The van der Waals surface area contributed by atoms with Crippen molar-refractivity contribution in [3.8, 4) is 0 Å². The minimum atomic E-state index is -0.521. The molecule has 0 saturated heterocycles. The van der Waals surface area contributed by atoms with Crippen LogP contribution in [0.5, 0.6) is 0 Å². The molecule has 0 heterocycles. The monoisotopic (exact) mass is 458 g/mol. The van der Waals surface area contributed by atoms with Crippen molar-refractivity contribution in [1.29, 1.82) is 0 Å². The molecule has 0 aliphatic carbocycles. The fraction of sp³-hybridized carbons (Fsp3) is 0.481. The molecular formula is C27H42N2O2S. The summed E-state index contributed by atoms with van der Waals surface area (Å²) in [6.07, 6.45) is 32.8. The van der Waals surface area contributed by atoms with Crippen molar-refractivity contribution >= 4 is 24.4 Å². The number of hydrogen-bond acceptors (Lipinski definition) is 3. The Balaban J connectivity index is 3.71. The Hall–Kier alpha value is -2.27. The second-order valence-electron chi connectivity index (χ2n) is 7.26. The Morgan fingerprint density at radius 3 is 1.62 bits per heavy atom. The van der Waals surface area contributed by atoms with E-state index in [1.54, 1.807) is 6.92 Å². The molecule has 178 valence electrons. The molecule has 2 N–H and O–H groups in total. The molecule has 0 aliphatic rings. The van der Waals surface area contributed by atoms with Gasteiger partial charge in [0.05, 0.1) is 0 Å². The fourth-order valence-electron chi connectivity index (χ4n) is 2.57. The van der Waals surface area contributed by atoms with Crippen molar-refractivity contribution in [2.45, 2.75) is 71.3 Å². The number of carbonyl (C=O) groups is 2. The summed E-state index contributed by atoms with van der Waals surface area (Å²) in [5.74, 6) is 0.286. The van der Waals surface area contributed by atoms with Crippen LogP contribution in [0.15, 0.2) is 72.9 Å². The number of thiol groups is 1. The molecule has 0 aromatic rings. The lowest BCUT2D eigenvalue weighted by Crippen LogP contribution is -2.45. The highest BCUT2D eigenvalue weighted by molar-refractivity contribution is 7.80. The minimum Gasteiger partial charge on any atom is -0.354 e. The van der Waals surface area contributed by atoms with E-state index in [1.807, 2.05) is 6.08 Å². The van der Waals surface area contributed by atoms with Gasteiger partial charge in [-0.25, -0.2) is 0 Å². The first-order valence-electron chi connectivity index (χ1n) is 11.7. The summed E-state index contributed by atoms with van der Waals surface area (Å²) in [6.45, 7) is 4.33. The second kappa shape index (κ2) is 23.4. The highest BCUT2D eigenvalue weighted by Gasteiger charge is 2.13. The van der Waals surface area contributed by atoms with Crippen LogP contribution in [0, 0.1) is 0 Å². The summed E-state index contributed by atoms with van der Waals surface area (Å²) in [4.78, 5) is 23.5. The first-order chi connectivity index (χ1) is 15.6. The van der Waals surface area contributed by atoms with Crippen LogP contribution in [0.1, 0.15) is 65.2 Å². The van der Waals surface area contributed by atoms with E-state index in [1.165, 1.54) is 0 Å². The van der Waals surface area contributed by atoms with Crippen molar-refractivity contribution in [2.24, 2.45) is 0 Å². The van der Waals surface area contributed by atoms with Gasteiger partial charge in [0.15, 0.2) is 0 Å². The Morgan fingerprint density at radius 2 is 1.19 bits per heavy atom. The van der Waals surface area contributed by atoms with E-state index < -0.39 is 6.04 Å². The van der Waals surface area contributed by atoms with Crippen LogP contribution in [0.2, 0.25) is 0 Å². The molecule has 0 aromatic heterocycles. The molecule has 0 bridgehead atoms. The third kappa shape index (κ3) is 21.0. The van der Waals surface area contributed by atoms with Crippen molar-refractivity contribution in [1.82, 2.24) is 10.6 Å². The SMILES string of the molecule is CCC=CCC=CCC=CCC=CCC=CCC=CCCC(=O)N[C@@H](C)C(=O)NCCS. The number of allylic oxidation sites excluding steroid dienone is 12. The summed E-state index contributed by atoms with van der Waals surface area (Å²) >= 11 is 4.04. The largest absolute Gasteiger partial charge is 0.354 e. The summed E-state index contributed by atoms with van der Waals surface area (Å²) < 4.78 is 0. The lowest BCUT2D eigenvalue weighted by molar-refractivity contribution is -0.128. The molecule has 0 unspecified atom stereocenters. The molecule has 0 radical (unpaired) electrons. The molecule has 32 heavy (non-hydrogen) atoms. The Labute approximate surface area is 201 Å². The van der Waals surface area contributed by atoms with Gasteiger partial charge in [0.25, 0.3) is 0 Å². The number of amides is 2. The Morgan fingerprint density at radius 1 is 0.750 bits per heavy atom. The molecule has 5 heteroatoms. The van der Waals surface area contributed by atoms with Crippen molar-refractivity contribution in [3.05, 3.63) is 72.9 Å². The predicted octanol–water partition coefficient (Wildman–Crippen LogP) is 6.02. The zero-order valence-corrected chi connectivity index (χ0v) is 20.7. The summed E-state index contributed by atoms with van der Waals surface area (Å²) in [7, 11) is 0. The van der Waals surface area contributed by atoms with Crippen LogP contribution in [0.25, 0.3) is 0 Å². The molecule has 0 fully saturated rings. The zero-order valence-electron chi connectivity index (χ0n) is 19.8. The third-order valence-electron chi connectivity index (χ3n) is 4.32. The van der Waals surface area contributed by atoms with Crippen LogP contribution >= 0.6 is 12.6 Å². The van der Waals surface area contributed by atoms with E-state index in [4.69, 9.17) is 0 Å². The van der Waals surface area contributed by atoms with E-state index in [2.05, 4.69) is 97.0 Å². The normalized spacial score (nSPS) is 13.5. The van der Waals surface area contributed by atoms with E-state index in [0.29, 0.717) is 25.1 Å². The van der Waals surface area contributed by atoms with Gasteiger partial charge in [-0.2, -0.15) is 12.6 Å². The predicted molar refractivity (Wildman–Crippen MR) is 142 cm³/mol. The van der Waals surface area contributed by atoms with E-state index in [0.717, 1.165) is 38.5 Å². The van der Waals surface area contributed by atoms with Crippen LogP contribution in [-0.4, -0.2) is 30.2 Å². The maximum Gasteiger partial charge on any atom is 0.242 e. The summed E-state index contributed by atoms with van der Waals surface area (Å²) in [6, 6.07) is -0.521. The summed E-state index contributed by atoms with van der Waals surface area (Å²) in [5, 5.41) is 5.41. The molecule has 2 amide bonds. The number of nitrogens with one attached hydrogen (secondary N) is 2. The molecule has 4 nitrogen and oxygen atoms in total. The van der Waals surface area contributed by atoms with E-state index in [9.17, 15) is 9.59 Å². The number of hydrogen-bond donors (Lipinski definition) is 3. The Kier molecular flexibility index (Phi) is 21.7. The van der Waals surface area contributed by atoms with Crippen LogP contribution in [-0.2, 0) is 9.59 Å². The highest BCUT2D eigenvalue weighted by Crippen LogP contribution is 1.98. The standard InChI is InChI=1S/C27H42N2O2S/c1-3-4-5-6-7-8-9-10-11-12-13-14-15-16-17-18-19-20-21-22-26(30)29-25(2)27(31)28-23-24-32/h4-5,7-8,10-11,13-14,16-17,19-20,25,32H,3,6,9,12,15,18,21-24H2,1-2H3,(H,28,31)(H,29,30)/t25-/m0/s1. The van der Waals surface area contributed by atoms with Crippen LogP contribution < -0.4 is 10.6 Å². The average molecular weight is 459 g/mol.